The lowest BCUT2D eigenvalue weighted by atomic mass is 10.2. The molecule has 0 spiro atoms. The molecule has 23 heavy (non-hydrogen) atoms. The first-order valence-corrected chi connectivity index (χ1v) is 7.40. The van der Waals surface area contributed by atoms with Gasteiger partial charge in [0.25, 0.3) is 5.69 Å². The minimum absolute atomic E-state index is 0.0120. The number of rotatable bonds is 6. The number of para-hydroxylation sites is 2. The number of benzene rings is 1. The Morgan fingerprint density at radius 3 is 2.91 bits per heavy atom. The molecular weight excluding hydrogens is 294 g/mol. The van der Waals surface area contributed by atoms with Crippen LogP contribution in [0.25, 0.3) is 11.0 Å². The smallest absolute Gasteiger partial charge is 0.287 e. The molecule has 0 aliphatic carbocycles. The molecular formula is C16H17N5O2. The van der Waals surface area contributed by atoms with Gasteiger partial charge in [-0.1, -0.05) is 12.1 Å². The number of aromatic nitrogens is 3. The number of nitrogens with zero attached hydrogens (tertiary/aromatic N) is 4. The number of hydrogen-bond donors (Lipinski definition) is 1. The first kappa shape index (κ1) is 15.0. The third-order valence-electron chi connectivity index (χ3n) is 3.67. The van der Waals surface area contributed by atoms with Crippen molar-refractivity contribution in [3.05, 3.63) is 58.5 Å². The number of nitrogens with one attached hydrogen (secondary N) is 1. The second-order valence-electron chi connectivity index (χ2n) is 5.32. The summed E-state index contributed by atoms with van der Waals surface area (Å²) in [5.74, 6) is 0.686. The molecule has 0 saturated heterocycles. The Labute approximate surface area is 133 Å². The van der Waals surface area contributed by atoms with Gasteiger partial charge in [-0.3, -0.25) is 10.1 Å². The van der Waals surface area contributed by atoms with Crippen LogP contribution in [-0.4, -0.2) is 26.0 Å². The van der Waals surface area contributed by atoms with Gasteiger partial charge in [0.05, 0.1) is 22.3 Å². The normalized spacial score (nSPS) is 10.8. The quantitative estimate of drug-likeness (QED) is 0.429. The standard InChI is InChI=1S/C16H17N5O2/c1-12-9-13(21(22)23)10-18-16(12)17-7-4-8-20-11-19-14-5-2-3-6-15(14)20/h2-3,5-6,9-11H,4,7-8H2,1H3,(H,17,18). The number of fused-ring (bicyclic) bond motifs is 1. The van der Waals surface area contributed by atoms with Crippen LogP contribution >= 0.6 is 0 Å². The highest BCUT2D eigenvalue weighted by Crippen LogP contribution is 2.18. The first-order valence-electron chi connectivity index (χ1n) is 7.40. The molecule has 7 nitrogen and oxygen atoms in total. The lowest BCUT2D eigenvalue weighted by molar-refractivity contribution is -0.385. The summed E-state index contributed by atoms with van der Waals surface area (Å²) >= 11 is 0. The summed E-state index contributed by atoms with van der Waals surface area (Å²) in [6.07, 6.45) is 4.03. The van der Waals surface area contributed by atoms with E-state index in [1.54, 1.807) is 0 Å². The Morgan fingerprint density at radius 2 is 2.13 bits per heavy atom. The maximum atomic E-state index is 10.7. The third kappa shape index (κ3) is 3.28. The molecule has 2 heterocycles. The Balaban J connectivity index is 1.57. The molecule has 0 radical (unpaired) electrons. The zero-order valence-corrected chi connectivity index (χ0v) is 12.8. The number of aryl methyl sites for hydroxylation is 2. The maximum Gasteiger partial charge on any atom is 0.287 e. The van der Waals surface area contributed by atoms with Gasteiger partial charge in [-0.2, -0.15) is 0 Å². The molecule has 0 aliphatic rings. The number of hydrogen-bond acceptors (Lipinski definition) is 5. The summed E-state index contributed by atoms with van der Waals surface area (Å²) in [5, 5.41) is 13.9. The summed E-state index contributed by atoms with van der Waals surface area (Å²) < 4.78 is 2.12. The van der Waals surface area contributed by atoms with Crippen LogP contribution < -0.4 is 5.32 Å². The SMILES string of the molecule is Cc1cc([N+](=O)[O-])cnc1NCCCn1cnc2ccccc21. The Morgan fingerprint density at radius 1 is 1.30 bits per heavy atom. The molecule has 3 rings (SSSR count). The van der Waals surface area contributed by atoms with Crippen LogP contribution in [0, 0.1) is 17.0 Å². The van der Waals surface area contributed by atoms with Crippen molar-refractivity contribution >= 4 is 22.5 Å². The topological polar surface area (TPSA) is 85.9 Å². The fourth-order valence-corrected chi connectivity index (χ4v) is 2.49. The van der Waals surface area contributed by atoms with E-state index < -0.39 is 4.92 Å². The lowest BCUT2D eigenvalue weighted by Gasteiger charge is -2.09. The average Bonchev–Trinajstić information content (AvgIpc) is 2.96. The molecule has 118 valence electrons. The van der Waals surface area contributed by atoms with Crippen LogP contribution in [-0.2, 0) is 6.54 Å². The zero-order valence-electron chi connectivity index (χ0n) is 12.8. The first-order chi connectivity index (χ1) is 11.1. The fraction of sp³-hybridized carbons (Fsp3) is 0.250. The van der Waals surface area contributed by atoms with Crippen molar-refractivity contribution in [1.29, 1.82) is 0 Å². The highest BCUT2D eigenvalue weighted by molar-refractivity contribution is 5.74. The van der Waals surface area contributed by atoms with Crippen LogP contribution in [0.4, 0.5) is 11.5 Å². The molecule has 0 unspecified atom stereocenters. The molecule has 7 heteroatoms. The minimum atomic E-state index is -0.437. The largest absolute Gasteiger partial charge is 0.370 e. The van der Waals surface area contributed by atoms with E-state index in [4.69, 9.17) is 0 Å². The predicted octanol–water partition coefficient (Wildman–Crippen LogP) is 3.15. The molecule has 0 atom stereocenters. The van der Waals surface area contributed by atoms with Gasteiger partial charge in [0, 0.05) is 19.2 Å². The zero-order chi connectivity index (χ0) is 16.2. The molecule has 3 aromatic rings. The van der Waals surface area contributed by atoms with Gasteiger partial charge in [-0.15, -0.1) is 0 Å². The van der Waals surface area contributed by atoms with E-state index in [2.05, 4.69) is 25.9 Å². The van der Waals surface area contributed by atoms with Crippen molar-refractivity contribution in [1.82, 2.24) is 14.5 Å². The van der Waals surface area contributed by atoms with E-state index in [1.807, 2.05) is 31.5 Å². The van der Waals surface area contributed by atoms with Gasteiger partial charge in [-0.05, 0) is 31.0 Å². The van der Waals surface area contributed by atoms with Crippen LogP contribution in [0.5, 0.6) is 0 Å². The molecule has 1 aromatic carbocycles. The van der Waals surface area contributed by atoms with Gasteiger partial charge >= 0.3 is 0 Å². The summed E-state index contributed by atoms with van der Waals surface area (Å²) in [7, 11) is 0. The van der Waals surface area contributed by atoms with E-state index in [0.29, 0.717) is 5.82 Å². The van der Waals surface area contributed by atoms with E-state index in [-0.39, 0.29) is 5.69 Å². The van der Waals surface area contributed by atoms with E-state index >= 15 is 0 Å². The summed E-state index contributed by atoms with van der Waals surface area (Å²) in [6.45, 7) is 3.39. The molecule has 2 aromatic heterocycles. The van der Waals surface area contributed by atoms with E-state index in [9.17, 15) is 10.1 Å². The van der Waals surface area contributed by atoms with Crippen LogP contribution in [0.1, 0.15) is 12.0 Å². The fourth-order valence-electron chi connectivity index (χ4n) is 2.49. The molecule has 0 aliphatic heterocycles. The van der Waals surface area contributed by atoms with Crippen molar-refractivity contribution in [3.8, 4) is 0 Å². The van der Waals surface area contributed by atoms with Crippen molar-refractivity contribution in [2.24, 2.45) is 0 Å². The van der Waals surface area contributed by atoms with E-state index in [1.165, 1.54) is 12.3 Å². The summed E-state index contributed by atoms with van der Waals surface area (Å²) in [5.41, 5.74) is 2.90. The minimum Gasteiger partial charge on any atom is -0.370 e. The molecule has 1 N–H and O–H groups in total. The molecule has 0 fully saturated rings. The maximum absolute atomic E-state index is 10.7. The highest BCUT2D eigenvalue weighted by atomic mass is 16.6. The Kier molecular flexibility index (Phi) is 4.18. The van der Waals surface area contributed by atoms with Gasteiger partial charge in [0.1, 0.15) is 12.0 Å². The van der Waals surface area contributed by atoms with Crippen molar-refractivity contribution in [3.63, 3.8) is 0 Å². The third-order valence-corrected chi connectivity index (χ3v) is 3.67. The lowest BCUT2D eigenvalue weighted by Crippen LogP contribution is -2.08. The molecule has 0 amide bonds. The number of pyridine rings is 1. The molecule has 0 bridgehead atoms. The number of nitro groups is 1. The van der Waals surface area contributed by atoms with Gasteiger partial charge < -0.3 is 9.88 Å². The molecule has 0 saturated carbocycles. The van der Waals surface area contributed by atoms with Crippen LogP contribution in [0.3, 0.4) is 0 Å². The average molecular weight is 311 g/mol. The van der Waals surface area contributed by atoms with E-state index in [0.717, 1.165) is 36.1 Å². The highest BCUT2D eigenvalue weighted by Gasteiger charge is 2.09. The summed E-state index contributed by atoms with van der Waals surface area (Å²) in [6, 6.07) is 9.55. The van der Waals surface area contributed by atoms with Crippen molar-refractivity contribution in [2.45, 2.75) is 19.9 Å². The summed E-state index contributed by atoms with van der Waals surface area (Å²) in [4.78, 5) is 18.7. The van der Waals surface area contributed by atoms with Crippen molar-refractivity contribution in [2.75, 3.05) is 11.9 Å². The number of anilines is 1. The van der Waals surface area contributed by atoms with Gasteiger partial charge in [0.2, 0.25) is 0 Å². The Hall–Kier alpha value is -2.96. The van der Waals surface area contributed by atoms with Crippen LogP contribution in [0.15, 0.2) is 42.9 Å². The Bertz CT molecular complexity index is 843. The second kappa shape index (κ2) is 6.43. The monoisotopic (exact) mass is 311 g/mol. The van der Waals surface area contributed by atoms with Crippen molar-refractivity contribution < 1.29 is 4.92 Å². The van der Waals surface area contributed by atoms with Gasteiger partial charge in [0.15, 0.2) is 0 Å². The number of imidazole rings is 1. The predicted molar refractivity (Wildman–Crippen MR) is 88.5 cm³/mol. The second-order valence-corrected chi connectivity index (χ2v) is 5.32. The van der Waals surface area contributed by atoms with Gasteiger partial charge in [-0.25, -0.2) is 9.97 Å². The van der Waals surface area contributed by atoms with Crippen LogP contribution in [0.2, 0.25) is 0 Å².